The second-order valence-corrected chi connectivity index (χ2v) is 9.50. The Morgan fingerprint density at radius 2 is 1.50 bits per heavy atom. The van der Waals surface area contributed by atoms with Gasteiger partial charge in [-0.1, -0.05) is 18.2 Å². The van der Waals surface area contributed by atoms with Gasteiger partial charge >= 0.3 is 0 Å². The highest BCUT2D eigenvalue weighted by molar-refractivity contribution is 5.97. The summed E-state index contributed by atoms with van der Waals surface area (Å²) in [5.41, 5.74) is 1.47. The molecule has 6 rings (SSSR count). The summed E-state index contributed by atoms with van der Waals surface area (Å²) in [6, 6.07) is 13.3. The minimum atomic E-state index is -0.333. The van der Waals surface area contributed by atoms with Gasteiger partial charge in [0.15, 0.2) is 0 Å². The topological polar surface area (TPSA) is 58.2 Å². The number of hydrogen-bond acceptors (Lipinski definition) is 2. The number of carbonyl (C=O) groups excluding carboxylic acids is 2. The van der Waals surface area contributed by atoms with E-state index in [1.807, 2.05) is 0 Å². The van der Waals surface area contributed by atoms with Crippen molar-refractivity contribution in [2.24, 2.45) is 23.2 Å². The predicted octanol–water partition coefficient (Wildman–Crippen LogP) is 4.91. The molecule has 4 nitrogen and oxygen atoms in total. The molecule has 4 aliphatic carbocycles. The Labute approximate surface area is 176 Å². The number of anilines is 1. The number of amides is 2. The Bertz CT molecular complexity index is 934. The van der Waals surface area contributed by atoms with E-state index in [9.17, 15) is 14.0 Å². The van der Waals surface area contributed by atoms with Crippen LogP contribution < -0.4 is 10.6 Å². The molecule has 4 aliphatic rings. The van der Waals surface area contributed by atoms with Crippen molar-refractivity contribution in [2.45, 2.75) is 45.1 Å². The highest BCUT2D eigenvalue weighted by atomic mass is 19.1. The standard InChI is InChI=1S/C25H27FN2O2/c26-22-4-2-1-3-20(22)15-27-23(29)19-5-7-21(8-6-19)28-24(30)25-12-16-9-17(13-25)11-18(10-16)14-25/h1-8,16-18H,9-15H2,(H,27,29)(H,28,30). The van der Waals surface area contributed by atoms with Crippen LogP contribution in [-0.4, -0.2) is 11.8 Å². The summed E-state index contributed by atoms with van der Waals surface area (Å²) in [6.45, 7) is 0.135. The number of hydrogen-bond donors (Lipinski definition) is 2. The molecular weight excluding hydrogens is 379 g/mol. The fraction of sp³-hybridized carbons (Fsp3) is 0.440. The number of halogens is 1. The highest BCUT2D eigenvalue weighted by Crippen LogP contribution is 2.60. The summed E-state index contributed by atoms with van der Waals surface area (Å²) in [5.74, 6) is 1.73. The Morgan fingerprint density at radius 3 is 2.10 bits per heavy atom. The average Bonchev–Trinajstić information content (AvgIpc) is 2.72. The lowest BCUT2D eigenvalue weighted by atomic mass is 9.49. The summed E-state index contributed by atoms with van der Waals surface area (Å²) in [5, 5.41) is 5.85. The maximum absolute atomic E-state index is 13.7. The Hall–Kier alpha value is -2.69. The zero-order chi connectivity index (χ0) is 20.7. The third-order valence-corrected chi connectivity index (χ3v) is 7.32. The van der Waals surface area contributed by atoms with Crippen LogP contribution in [0, 0.1) is 29.0 Å². The van der Waals surface area contributed by atoms with Crippen LogP contribution in [-0.2, 0) is 11.3 Å². The zero-order valence-electron chi connectivity index (χ0n) is 17.0. The van der Waals surface area contributed by atoms with Crippen LogP contribution in [0.5, 0.6) is 0 Å². The molecule has 4 bridgehead atoms. The normalized spacial score (nSPS) is 28.9. The lowest BCUT2D eigenvalue weighted by Gasteiger charge is -2.55. The molecule has 2 aromatic rings. The molecule has 2 aromatic carbocycles. The molecule has 0 atom stereocenters. The molecule has 4 saturated carbocycles. The van der Waals surface area contributed by atoms with Gasteiger partial charge in [0.2, 0.25) is 5.91 Å². The van der Waals surface area contributed by atoms with Gasteiger partial charge in [-0.15, -0.1) is 0 Å². The summed E-state index contributed by atoms with van der Waals surface area (Å²) >= 11 is 0. The first-order valence-corrected chi connectivity index (χ1v) is 10.9. The number of rotatable bonds is 5. The van der Waals surface area contributed by atoms with Gasteiger partial charge in [-0.25, -0.2) is 4.39 Å². The molecule has 0 unspecified atom stereocenters. The summed E-state index contributed by atoms with van der Waals surface area (Å²) in [6.07, 6.45) is 7.01. The molecular formula is C25H27FN2O2. The van der Waals surface area contributed by atoms with Crippen molar-refractivity contribution in [1.82, 2.24) is 5.32 Å². The molecule has 0 radical (unpaired) electrons. The second-order valence-electron chi connectivity index (χ2n) is 9.50. The molecule has 0 heterocycles. The van der Waals surface area contributed by atoms with E-state index in [1.54, 1.807) is 42.5 Å². The minimum absolute atomic E-state index is 0.135. The molecule has 0 aromatic heterocycles. The molecule has 0 spiro atoms. The molecule has 5 heteroatoms. The Kier molecular flexibility index (Phi) is 4.84. The van der Waals surface area contributed by atoms with Gasteiger partial charge < -0.3 is 10.6 Å². The summed E-state index contributed by atoms with van der Waals surface area (Å²) in [7, 11) is 0. The maximum Gasteiger partial charge on any atom is 0.251 e. The smallest absolute Gasteiger partial charge is 0.251 e. The van der Waals surface area contributed by atoms with Gasteiger partial charge in [-0.3, -0.25) is 9.59 Å². The van der Waals surface area contributed by atoms with E-state index in [-0.39, 0.29) is 29.6 Å². The van der Waals surface area contributed by atoms with Gasteiger partial charge in [0.25, 0.3) is 5.91 Å². The molecule has 2 amide bonds. The van der Waals surface area contributed by atoms with Crippen LogP contribution in [0.25, 0.3) is 0 Å². The fourth-order valence-corrected chi connectivity index (χ4v) is 6.28. The van der Waals surface area contributed by atoms with Crippen LogP contribution in [0.3, 0.4) is 0 Å². The van der Waals surface area contributed by atoms with Crippen LogP contribution in [0.2, 0.25) is 0 Å². The van der Waals surface area contributed by atoms with E-state index < -0.39 is 0 Å². The highest BCUT2D eigenvalue weighted by Gasteiger charge is 2.54. The number of carbonyl (C=O) groups is 2. The maximum atomic E-state index is 13.7. The summed E-state index contributed by atoms with van der Waals surface area (Å²) in [4.78, 5) is 25.5. The average molecular weight is 407 g/mol. The first-order chi connectivity index (χ1) is 14.5. The molecule has 2 N–H and O–H groups in total. The van der Waals surface area contributed by atoms with Crippen molar-refractivity contribution in [3.8, 4) is 0 Å². The predicted molar refractivity (Wildman–Crippen MR) is 113 cm³/mol. The van der Waals surface area contributed by atoms with E-state index >= 15 is 0 Å². The van der Waals surface area contributed by atoms with Crippen molar-refractivity contribution in [2.75, 3.05) is 5.32 Å². The van der Waals surface area contributed by atoms with Gasteiger partial charge in [-0.2, -0.15) is 0 Å². The van der Waals surface area contributed by atoms with E-state index in [2.05, 4.69) is 10.6 Å². The van der Waals surface area contributed by atoms with Crippen LogP contribution in [0.4, 0.5) is 10.1 Å². The van der Waals surface area contributed by atoms with Crippen molar-refractivity contribution in [3.05, 3.63) is 65.5 Å². The summed E-state index contributed by atoms with van der Waals surface area (Å²) < 4.78 is 13.7. The van der Waals surface area contributed by atoms with Crippen molar-refractivity contribution < 1.29 is 14.0 Å². The molecule has 30 heavy (non-hydrogen) atoms. The molecule has 0 saturated heterocycles. The molecule has 4 fully saturated rings. The van der Waals surface area contributed by atoms with Crippen LogP contribution in [0.1, 0.15) is 54.4 Å². The minimum Gasteiger partial charge on any atom is -0.348 e. The molecule has 0 aliphatic heterocycles. The second kappa shape index (κ2) is 7.53. The first kappa shape index (κ1) is 19.3. The third-order valence-electron chi connectivity index (χ3n) is 7.32. The van der Waals surface area contributed by atoms with Gasteiger partial charge in [0.1, 0.15) is 5.82 Å². The van der Waals surface area contributed by atoms with E-state index in [0.29, 0.717) is 11.1 Å². The van der Waals surface area contributed by atoms with Gasteiger partial charge in [-0.05, 0) is 86.6 Å². The largest absolute Gasteiger partial charge is 0.348 e. The zero-order valence-corrected chi connectivity index (χ0v) is 17.0. The van der Waals surface area contributed by atoms with Gasteiger partial charge in [0.05, 0.1) is 5.41 Å². The monoisotopic (exact) mass is 406 g/mol. The van der Waals surface area contributed by atoms with E-state index in [4.69, 9.17) is 0 Å². The number of benzene rings is 2. The quantitative estimate of drug-likeness (QED) is 0.741. The van der Waals surface area contributed by atoms with E-state index in [0.717, 1.165) is 42.7 Å². The van der Waals surface area contributed by atoms with Crippen molar-refractivity contribution >= 4 is 17.5 Å². The van der Waals surface area contributed by atoms with E-state index in [1.165, 1.54) is 25.3 Å². The lowest BCUT2D eigenvalue weighted by molar-refractivity contribution is -0.140. The van der Waals surface area contributed by atoms with Crippen LogP contribution in [0.15, 0.2) is 48.5 Å². The Balaban J connectivity index is 1.21. The molecule has 156 valence electrons. The van der Waals surface area contributed by atoms with Gasteiger partial charge in [0, 0.05) is 23.4 Å². The first-order valence-electron chi connectivity index (χ1n) is 10.9. The van der Waals surface area contributed by atoms with Crippen molar-refractivity contribution in [1.29, 1.82) is 0 Å². The third kappa shape index (κ3) is 3.62. The number of nitrogens with one attached hydrogen (secondary N) is 2. The SMILES string of the molecule is O=C(NCc1ccccc1F)c1ccc(NC(=O)C23CC4CC(CC(C4)C2)C3)cc1. The fourth-order valence-electron chi connectivity index (χ4n) is 6.28. The Morgan fingerprint density at radius 1 is 0.900 bits per heavy atom. The van der Waals surface area contributed by atoms with Crippen LogP contribution >= 0.6 is 0 Å². The van der Waals surface area contributed by atoms with Crippen molar-refractivity contribution in [3.63, 3.8) is 0 Å². The lowest BCUT2D eigenvalue weighted by Crippen LogP contribution is -2.51.